The van der Waals surface area contributed by atoms with E-state index in [-0.39, 0.29) is 12.0 Å². The zero-order valence-electron chi connectivity index (χ0n) is 7.36. The molecule has 0 amide bonds. The molecule has 0 radical (unpaired) electrons. The van der Waals surface area contributed by atoms with Gasteiger partial charge in [0, 0.05) is 0 Å². The third kappa shape index (κ3) is 2.84. The van der Waals surface area contributed by atoms with Gasteiger partial charge in [-0.1, -0.05) is 11.8 Å². The number of carboxylic acids is 1. The summed E-state index contributed by atoms with van der Waals surface area (Å²) in [6.07, 6.45) is 4.04. The second kappa shape index (κ2) is 4.81. The topological polar surface area (TPSA) is 46.5 Å². The Morgan fingerprint density at radius 3 is 2.85 bits per heavy atom. The molecule has 0 unspecified atom stereocenters. The molecule has 1 aliphatic rings. The fraction of sp³-hybridized carbons (Fsp3) is 0.750. The average Bonchev–Trinajstić information content (AvgIpc) is 2.52. The number of thioether (sulfide) groups is 1. The van der Waals surface area contributed by atoms with Gasteiger partial charge in [0.05, 0.1) is 5.92 Å². The van der Waals surface area contributed by atoms with E-state index in [2.05, 4.69) is 0 Å². The maximum absolute atomic E-state index is 10.8. The number of rotatable bonds is 2. The lowest BCUT2D eigenvalue weighted by Gasteiger charge is -2.17. The molecule has 1 fully saturated rings. The van der Waals surface area contributed by atoms with Gasteiger partial charge in [0.25, 0.3) is 0 Å². The zero-order valence-corrected chi connectivity index (χ0v) is 8.99. The molecule has 0 aromatic carbocycles. The summed E-state index contributed by atoms with van der Waals surface area (Å²) in [7, 11) is 0. The molecular weight excluding hydrogens is 208 g/mol. The molecule has 74 valence electrons. The summed E-state index contributed by atoms with van der Waals surface area (Å²) >= 11 is 6.22. The van der Waals surface area contributed by atoms with Gasteiger partial charge in [0.1, 0.15) is 6.10 Å². The second-order valence-corrected chi connectivity index (χ2v) is 4.39. The Balaban J connectivity index is 2.48. The van der Waals surface area contributed by atoms with Gasteiger partial charge in [0.15, 0.2) is 0 Å². The molecule has 0 aromatic heterocycles. The molecule has 3 nitrogen and oxygen atoms in total. The lowest BCUT2D eigenvalue weighted by atomic mass is 10.1. The molecule has 0 bridgehead atoms. The Morgan fingerprint density at radius 1 is 1.62 bits per heavy atom. The Morgan fingerprint density at radius 2 is 2.31 bits per heavy atom. The number of hydrogen-bond donors (Lipinski definition) is 1. The first-order valence-electron chi connectivity index (χ1n) is 4.12. The van der Waals surface area contributed by atoms with Crippen molar-refractivity contribution in [2.24, 2.45) is 5.92 Å². The number of hydrogen-bond acceptors (Lipinski definition) is 4. The zero-order chi connectivity index (χ0) is 9.84. The van der Waals surface area contributed by atoms with Crippen molar-refractivity contribution in [3.63, 3.8) is 0 Å². The molecule has 0 heterocycles. The fourth-order valence-electron chi connectivity index (χ4n) is 1.52. The SMILES string of the molecule is CSC(=S)O[C@H]1CCC[C@H]1C(=O)O. The minimum absolute atomic E-state index is 0.211. The average molecular weight is 220 g/mol. The van der Waals surface area contributed by atoms with Crippen molar-refractivity contribution in [1.82, 2.24) is 0 Å². The lowest BCUT2D eigenvalue weighted by Crippen LogP contribution is -2.26. The number of aliphatic carboxylic acids is 1. The number of carbonyl (C=O) groups is 1. The molecule has 0 aromatic rings. The van der Waals surface area contributed by atoms with Crippen molar-refractivity contribution in [3.8, 4) is 0 Å². The van der Waals surface area contributed by atoms with Crippen LogP contribution in [0.25, 0.3) is 0 Å². The predicted molar refractivity (Wildman–Crippen MR) is 56.0 cm³/mol. The number of thiocarbonyl (C=S) groups is 1. The van der Waals surface area contributed by atoms with Gasteiger partial charge in [-0.3, -0.25) is 4.79 Å². The first-order chi connectivity index (χ1) is 6.15. The van der Waals surface area contributed by atoms with Crippen LogP contribution in [0.5, 0.6) is 0 Å². The lowest BCUT2D eigenvalue weighted by molar-refractivity contribution is -0.144. The molecular formula is C8H12O3S2. The minimum atomic E-state index is -0.772. The van der Waals surface area contributed by atoms with Gasteiger partial charge in [-0.2, -0.15) is 0 Å². The second-order valence-electron chi connectivity index (χ2n) is 2.99. The number of ether oxygens (including phenoxy) is 1. The molecule has 2 atom stereocenters. The van der Waals surface area contributed by atoms with Crippen LogP contribution in [0, 0.1) is 5.92 Å². The van der Waals surface area contributed by atoms with E-state index < -0.39 is 5.97 Å². The highest BCUT2D eigenvalue weighted by Gasteiger charge is 2.34. The molecule has 5 heteroatoms. The summed E-state index contributed by atoms with van der Waals surface area (Å²) in [6, 6.07) is 0. The van der Waals surface area contributed by atoms with Crippen LogP contribution < -0.4 is 0 Å². The van der Waals surface area contributed by atoms with Crippen LogP contribution >= 0.6 is 24.0 Å². The molecule has 1 saturated carbocycles. The van der Waals surface area contributed by atoms with Crippen molar-refractivity contribution in [2.75, 3.05) is 6.26 Å². The highest BCUT2D eigenvalue weighted by Crippen LogP contribution is 2.29. The summed E-state index contributed by atoms with van der Waals surface area (Å²) in [5, 5.41) is 8.84. The third-order valence-corrected chi connectivity index (χ3v) is 3.21. The first kappa shape index (κ1) is 10.8. The summed E-state index contributed by atoms with van der Waals surface area (Å²) in [5.41, 5.74) is 0. The molecule has 1 N–H and O–H groups in total. The monoisotopic (exact) mass is 220 g/mol. The van der Waals surface area contributed by atoms with Crippen LogP contribution in [0.1, 0.15) is 19.3 Å². The predicted octanol–water partition coefficient (Wildman–Crippen LogP) is 1.90. The Labute approximate surface area is 86.8 Å². The van der Waals surface area contributed by atoms with E-state index in [9.17, 15) is 4.79 Å². The normalized spacial score (nSPS) is 27.2. The van der Waals surface area contributed by atoms with Gasteiger partial charge in [-0.15, -0.1) is 0 Å². The first-order valence-corrected chi connectivity index (χ1v) is 5.76. The van der Waals surface area contributed by atoms with Gasteiger partial charge in [-0.05, 0) is 37.7 Å². The highest BCUT2D eigenvalue weighted by atomic mass is 32.2. The van der Waals surface area contributed by atoms with Crippen LogP contribution in [0.15, 0.2) is 0 Å². The van der Waals surface area contributed by atoms with Crippen LogP contribution in [-0.4, -0.2) is 27.8 Å². The van der Waals surface area contributed by atoms with Gasteiger partial charge in [-0.25, -0.2) is 0 Å². The van der Waals surface area contributed by atoms with Gasteiger partial charge in [0.2, 0.25) is 4.38 Å². The Kier molecular flexibility index (Phi) is 3.99. The largest absolute Gasteiger partial charge is 0.481 e. The van der Waals surface area contributed by atoms with Crippen molar-refractivity contribution in [2.45, 2.75) is 25.4 Å². The molecule has 13 heavy (non-hydrogen) atoms. The van der Waals surface area contributed by atoms with Gasteiger partial charge < -0.3 is 9.84 Å². The van der Waals surface area contributed by atoms with Crippen molar-refractivity contribution in [3.05, 3.63) is 0 Å². The van der Waals surface area contributed by atoms with E-state index in [0.29, 0.717) is 10.8 Å². The number of carboxylic acid groups (broad SMARTS) is 1. The van der Waals surface area contributed by atoms with Crippen LogP contribution in [0.3, 0.4) is 0 Å². The van der Waals surface area contributed by atoms with E-state index in [1.165, 1.54) is 11.8 Å². The molecule has 0 saturated heterocycles. The maximum atomic E-state index is 10.8. The van der Waals surface area contributed by atoms with E-state index in [1.807, 2.05) is 6.26 Å². The molecule has 1 rings (SSSR count). The van der Waals surface area contributed by atoms with Crippen molar-refractivity contribution >= 4 is 34.3 Å². The van der Waals surface area contributed by atoms with Crippen LogP contribution in [0.2, 0.25) is 0 Å². The van der Waals surface area contributed by atoms with E-state index in [4.69, 9.17) is 22.1 Å². The quantitative estimate of drug-likeness (QED) is 0.720. The summed E-state index contributed by atoms with van der Waals surface area (Å²) in [4.78, 5) is 10.8. The standard InChI is InChI=1S/C8H12O3S2/c1-13-8(12)11-6-4-2-3-5(6)7(9)10/h5-6H,2-4H2,1H3,(H,9,10)/t5-,6+/m1/s1. The fourth-order valence-corrected chi connectivity index (χ4v) is 1.86. The minimum Gasteiger partial charge on any atom is -0.481 e. The van der Waals surface area contributed by atoms with E-state index in [1.54, 1.807) is 0 Å². The smallest absolute Gasteiger partial charge is 0.310 e. The van der Waals surface area contributed by atoms with Crippen LogP contribution in [-0.2, 0) is 9.53 Å². The summed E-state index contributed by atoms with van der Waals surface area (Å²) < 4.78 is 5.79. The Hall–Kier alpha value is -0.290. The van der Waals surface area contributed by atoms with Crippen molar-refractivity contribution < 1.29 is 14.6 Å². The summed E-state index contributed by atoms with van der Waals surface area (Å²) in [5.74, 6) is -1.14. The molecule has 1 aliphatic carbocycles. The van der Waals surface area contributed by atoms with Crippen molar-refractivity contribution in [1.29, 1.82) is 0 Å². The Bertz CT molecular complexity index is 217. The third-order valence-electron chi connectivity index (χ3n) is 2.18. The van der Waals surface area contributed by atoms with Crippen LogP contribution in [0.4, 0.5) is 0 Å². The maximum Gasteiger partial charge on any atom is 0.310 e. The molecule has 0 aliphatic heterocycles. The van der Waals surface area contributed by atoms with E-state index >= 15 is 0 Å². The van der Waals surface area contributed by atoms with Gasteiger partial charge >= 0.3 is 5.97 Å². The molecule has 0 spiro atoms. The van der Waals surface area contributed by atoms with E-state index in [0.717, 1.165) is 12.8 Å². The highest BCUT2D eigenvalue weighted by molar-refractivity contribution is 8.22. The summed E-state index contributed by atoms with van der Waals surface area (Å²) in [6.45, 7) is 0.